The number of rotatable bonds is 2. The zero-order valence-electron chi connectivity index (χ0n) is 4.10. The summed E-state index contributed by atoms with van der Waals surface area (Å²) in [7, 11) is 0. The molecule has 1 nitrogen and oxygen atoms in total. The van der Waals surface area contributed by atoms with Gasteiger partial charge in [-0.2, -0.15) is 0 Å². The lowest BCUT2D eigenvalue weighted by molar-refractivity contribution is 0.288. The molecule has 1 atom stereocenters. The minimum absolute atomic E-state index is 0.296. The van der Waals surface area contributed by atoms with Crippen LogP contribution in [-0.4, -0.2) is 16.5 Å². The summed E-state index contributed by atoms with van der Waals surface area (Å²) in [5.41, 5.74) is 0. The van der Waals surface area contributed by atoms with Crippen LogP contribution in [0.1, 0.15) is 12.8 Å². The molecular formula is C5H9BrO. The van der Waals surface area contributed by atoms with Gasteiger partial charge >= 0.3 is 0 Å². The van der Waals surface area contributed by atoms with E-state index < -0.39 is 0 Å². The number of hydrogen-bond donors (Lipinski definition) is 1. The fraction of sp³-hybridized carbons (Fsp3) is 1.00. The maximum atomic E-state index is 8.50. The van der Waals surface area contributed by atoms with Crippen LogP contribution in [0, 0.1) is 5.92 Å². The van der Waals surface area contributed by atoms with Gasteiger partial charge in [0.05, 0.1) is 6.61 Å². The second-order valence-corrected chi connectivity index (χ2v) is 3.21. The molecular weight excluding hydrogens is 156 g/mol. The van der Waals surface area contributed by atoms with E-state index in [2.05, 4.69) is 15.9 Å². The van der Waals surface area contributed by atoms with Crippen molar-refractivity contribution in [3.8, 4) is 0 Å². The van der Waals surface area contributed by atoms with E-state index in [0.29, 0.717) is 11.4 Å². The monoisotopic (exact) mass is 164 g/mol. The number of halogens is 1. The van der Waals surface area contributed by atoms with Gasteiger partial charge in [-0.1, -0.05) is 15.9 Å². The lowest BCUT2D eigenvalue weighted by Crippen LogP contribution is -2.04. The van der Waals surface area contributed by atoms with Crippen LogP contribution in [0.15, 0.2) is 0 Å². The molecule has 0 radical (unpaired) electrons. The largest absolute Gasteiger partial charge is 0.395 e. The van der Waals surface area contributed by atoms with E-state index in [0.717, 1.165) is 5.92 Å². The van der Waals surface area contributed by atoms with Crippen LogP contribution in [0.3, 0.4) is 0 Å². The van der Waals surface area contributed by atoms with Crippen molar-refractivity contribution >= 4 is 15.9 Å². The van der Waals surface area contributed by atoms with Crippen molar-refractivity contribution in [1.82, 2.24) is 0 Å². The van der Waals surface area contributed by atoms with Crippen molar-refractivity contribution < 1.29 is 5.11 Å². The second kappa shape index (κ2) is 2.14. The minimum atomic E-state index is 0.296. The summed E-state index contributed by atoms with van der Waals surface area (Å²) in [5, 5.41) is 8.50. The van der Waals surface area contributed by atoms with Gasteiger partial charge in [-0.3, -0.25) is 0 Å². The summed E-state index contributed by atoms with van der Waals surface area (Å²) in [4.78, 5) is 0.382. The van der Waals surface area contributed by atoms with Gasteiger partial charge in [0.25, 0.3) is 0 Å². The van der Waals surface area contributed by atoms with Crippen LogP contribution in [0.5, 0.6) is 0 Å². The summed E-state index contributed by atoms with van der Waals surface area (Å²) >= 11 is 3.35. The SMILES string of the molecule is OC[C@@H](Br)C1CC1. The Morgan fingerprint density at radius 2 is 2.29 bits per heavy atom. The Kier molecular flexibility index (Phi) is 1.70. The third-order valence-corrected chi connectivity index (χ3v) is 2.35. The minimum Gasteiger partial charge on any atom is -0.395 e. The first kappa shape index (κ1) is 5.57. The number of aliphatic hydroxyl groups is 1. The molecule has 0 amide bonds. The number of alkyl halides is 1. The Bertz CT molecular complexity index is 61.1. The first-order valence-corrected chi connectivity index (χ1v) is 3.51. The maximum Gasteiger partial charge on any atom is 0.0559 e. The van der Waals surface area contributed by atoms with Gasteiger partial charge in [0.2, 0.25) is 0 Å². The van der Waals surface area contributed by atoms with Crippen molar-refractivity contribution in [2.45, 2.75) is 17.7 Å². The fourth-order valence-electron chi connectivity index (χ4n) is 0.607. The Hall–Kier alpha value is 0.440. The molecule has 1 N–H and O–H groups in total. The molecule has 0 aromatic heterocycles. The normalized spacial score (nSPS) is 24.9. The predicted octanol–water partition coefficient (Wildman–Crippen LogP) is 1.15. The summed E-state index contributed by atoms with van der Waals surface area (Å²) in [6, 6.07) is 0. The van der Waals surface area contributed by atoms with E-state index in [-0.39, 0.29) is 0 Å². The second-order valence-electron chi connectivity index (χ2n) is 2.04. The summed E-state index contributed by atoms with van der Waals surface area (Å²) < 4.78 is 0. The lowest BCUT2D eigenvalue weighted by atomic mass is 10.3. The van der Waals surface area contributed by atoms with E-state index in [1.807, 2.05) is 0 Å². The van der Waals surface area contributed by atoms with Crippen LogP contribution in [0.25, 0.3) is 0 Å². The van der Waals surface area contributed by atoms with Gasteiger partial charge in [-0.05, 0) is 18.8 Å². The van der Waals surface area contributed by atoms with Crippen molar-refractivity contribution in [3.05, 3.63) is 0 Å². The highest BCUT2D eigenvalue weighted by Crippen LogP contribution is 2.35. The average molecular weight is 165 g/mol. The van der Waals surface area contributed by atoms with Crippen molar-refractivity contribution in [3.63, 3.8) is 0 Å². The molecule has 0 bridgehead atoms. The third-order valence-electron chi connectivity index (χ3n) is 1.31. The Morgan fingerprint density at radius 3 is 2.43 bits per heavy atom. The Balaban J connectivity index is 2.10. The molecule has 7 heavy (non-hydrogen) atoms. The van der Waals surface area contributed by atoms with Gasteiger partial charge in [-0.15, -0.1) is 0 Å². The lowest BCUT2D eigenvalue weighted by Gasteiger charge is -1.98. The van der Waals surface area contributed by atoms with Crippen LogP contribution in [0.4, 0.5) is 0 Å². The van der Waals surface area contributed by atoms with Gasteiger partial charge < -0.3 is 5.11 Å². The van der Waals surface area contributed by atoms with Gasteiger partial charge in [-0.25, -0.2) is 0 Å². The van der Waals surface area contributed by atoms with E-state index in [9.17, 15) is 0 Å². The third kappa shape index (κ3) is 1.42. The average Bonchev–Trinajstić information content (AvgIpc) is 2.44. The van der Waals surface area contributed by atoms with E-state index in [4.69, 9.17) is 5.11 Å². The molecule has 1 rings (SSSR count). The highest BCUT2D eigenvalue weighted by atomic mass is 79.9. The maximum absolute atomic E-state index is 8.50. The molecule has 0 aromatic rings. The van der Waals surface area contributed by atoms with Crippen LogP contribution >= 0.6 is 15.9 Å². The van der Waals surface area contributed by atoms with Crippen molar-refractivity contribution in [2.24, 2.45) is 5.92 Å². The van der Waals surface area contributed by atoms with Crippen LogP contribution in [-0.2, 0) is 0 Å². The van der Waals surface area contributed by atoms with E-state index in [1.54, 1.807) is 0 Å². The van der Waals surface area contributed by atoms with Crippen molar-refractivity contribution in [1.29, 1.82) is 0 Å². The highest BCUT2D eigenvalue weighted by Gasteiger charge is 2.28. The van der Waals surface area contributed by atoms with Crippen LogP contribution in [0.2, 0.25) is 0 Å². The smallest absolute Gasteiger partial charge is 0.0559 e. The molecule has 0 aromatic carbocycles. The molecule has 0 saturated heterocycles. The quantitative estimate of drug-likeness (QED) is 0.608. The topological polar surface area (TPSA) is 20.2 Å². The molecule has 1 fully saturated rings. The highest BCUT2D eigenvalue weighted by molar-refractivity contribution is 9.09. The molecule has 1 saturated carbocycles. The number of hydrogen-bond acceptors (Lipinski definition) is 1. The van der Waals surface area contributed by atoms with E-state index >= 15 is 0 Å². The molecule has 1 aliphatic rings. The summed E-state index contributed by atoms with van der Waals surface area (Å²) in [6.07, 6.45) is 2.60. The number of aliphatic hydroxyl groups excluding tert-OH is 1. The predicted molar refractivity (Wildman–Crippen MR) is 32.5 cm³/mol. The van der Waals surface area contributed by atoms with E-state index in [1.165, 1.54) is 12.8 Å². The first-order valence-electron chi connectivity index (χ1n) is 2.59. The summed E-state index contributed by atoms with van der Waals surface area (Å²) in [5.74, 6) is 0.782. The van der Waals surface area contributed by atoms with Gasteiger partial charge in [0, 0.05) is 4.83 Å². The zero-order valence-corrected chi connectivity index (χ0v) is 5.69. The molecule has 0 aliphatic heterocycles. The zero-order chi connectivity index (χ0) is 5.28. The standard InChI is InChI=1S/C5H9BrO/c6-5(3-7)4-1-2-4/h4-5,7H,1-3H2/t5-/m1/s1. The Morgan fingerprint density at radius 1 is 1.71 bits per heavy atom. The molecule has 2 heteroatoms. The van der Waals surface area contributed by atoms with Crippen molar-refractivity contribution in [2.75, 3.05) is 6.61 Å². The fourth-order valence-corrected chi connectivity index (χ4v) is 1.14. The molecule has 42 valence electrons. The molecule has 1 aliphatic carbocycles. The molecule has 0 spiro atoms. The Labute approximate surface area is 51.9 Å². The van der Waals surface area contributed by atoms with Crippen LogP contribution < -0.4 is 0 Å². The molecule has 0 unspecified atom stereocenters. The van der Waals surface area contributed by atoms with Gasteiger partial charge in [0.15, 0.2) is 0 Å². The van der Waals surface area contributed by atoms with Gasteiger partial charge in [0.1, 0.15) is 0 Å². The molecule has 0 heterocycles. The summed E-state index contributed by atoms with van der Waals surface area (Å²) in [6.45, 7) is 0.296. The first-order chi connectivity index (χ1) is 3.34.